The Bertz CT molecular complexity index is 424. The first kappa shape index (κ1) is 30.2. The molecule has 0 saturated carbocycles. The van der Waals surface area contributed by atoms with Gasteiger partial charge < -0.3 is 34.4 Å². The van der Waals surface area contributed by atoms with Crippen LogP contribution in [0.2, 0.25) is 0 Å². The molecule has 0 rings (SSSR count). The zero-order valence-electron chi connectivity index (χ0n) is 11.2. The van der Waals surface area contributed by atoms with Crippen LogP contribution in [0.4, 0.5) is 17.6 Å². The molecule has 0 radical (unpaired) electrons. The summed E-state index contributed by atoms with van der Waals surface area (Å²) in [5, 5.41) is 15.2. The van der Waals surface area contributed by atoms with Gasteiger partial charge in [0.2, 0.25) is 0 Å². The number of phosphoric acid groups is 1. The molecule has 0 atom stereocenters. The van der Waals surface area contributed by atoms with Crippen molar-refractivity contribution in [1.29, 1.82) is 0 Å². The molecule has 0 bridgehead atoms. The first-order chi connectivity index (χ1) is 10.1. The second-order valence-corrected chi connectivity index (χ2v) is 3.41. The van der Waals surface area contributed by atoms with E-state index in [0.717, 1.165) is 0 Å². The first-order valence-electron chi connectivity index (χ1n) is 4.28. The molecule has 0 aromatic heterocycles. The molecular weight excluding hydrogens is 378 g/mol. The van der Waals surface area contributed by atoms with E-state index in [4.69, 9.17) is 29.5 Å². The van der Waals surface area contributed by atoms with Crippen LogP contribution in [0.25, 0.3) is 0 Å². The van der Waals surface area contributed by atoms with Crippen molar-refractivity contribution < 1.29 is 94.5 Å². The van der Waals surface area contributed by atoms with Gasteiger partial charge in [-0.25, -0.2) is 19.2 Å². The molecule has 0 fully saturated rings. The average molecular weight is 384 g/mol. The van der Waals surface area contributed by atoms with E-state index in [1.165, 1.54) is 0 Å². The third kappa shape index (κ3) is 37.0. The second-order valence-electron chi connectivity index (χ2n) is 2.43. The van der Waals surface area contributed by atoms with Crippen molar-refractivity contribution in [3.8, 4) is 0 Å². The molecule has 0 saturated heterocycles. The minimum Gasteiger partial charge on any atom is -0.756 e. The number of hydrogen-bond donors (Lipinski definition) is 4. The predicted molar refractivity (Wildman–Crippen MR) is 51.5 cm³/mol. The van der Waals surface area contributed by atoms with Gasteiger partial charge in [0.05, 0.1) is 0 Å². The topological polar surface area (TPSA) is 208 Å². The van der Waals surface area contributed by atoms with Crippen LogP contribution in [0.5, 0.6) is 0 Å². The van der Waals surface area contributed by atoms with Gasteiger partial charge in [-0.15, -0.1) is 0 Å². The van der Waals surface area contributed by atoms with E-state index in [1.807, 2.05) is 0 Å². The molecule has 18 heteroatoms. The summed E-state index contributed by atoms with van der Waals surface area (Å²) in [6, 6.07) is 0. The maximum atomic E-state index is 10.9. The fourth-order valence-electron chi connectivity index (χ4n) is 0.263. The van der Waals surface area contributed by atoms with E-state index in [9.17, 15) is 36.7 Å². The van der Waals surface area contributed by atoms with Crippen LogP contribution in [0.15, 0.2) is 0 Å². The van der Waals surface area contributed by atoms with E-state index < -0.39 is 44.9 Å². The van der Waals surface area contributed by atoms with Gasteiger partial charge >= 0.3 is 56.0 Å². The number of ether oxygens (including phenoxy) is 2. The van der Waals surface area contributed by atoms with Crippen molar-refractivity contribution in [2.24, 2.45) is 0 Å². The summed E-state index contributed by atoms with van der Waals surface area (Å²) in [6.45, 7) is -6.73. The molecule has 12 nitrogen and oxygen atoms in total. The molecule has 0 amide bonds. The molecule has 0 aliphatic rings. The number of alkyl halides is 4. The predicted octanol–water partition coefficient (Wildman–Crippen LogP) is -4.88. The Balaban J connectivity index is -0.000000128. The molecule has 0 aliphatic heterocycles. The minimum absolute atomic E-state index is 0. The van der Waals surface area contributed by atoms with Crippen LogP contribution in [0.1, 0.15) is 0 Å². The standard InChI is InChI=1S/2C3H2F2O4.Li.H3O4P/c2*4-3(5)9-2(8)1(6)7;;1-5(2,3)4/h2*3H,(H,6,7);;(H3,1,2,3,4)/q;;+1;/p-1. The quantitative estimate of drug-likeness (QED) is 0.116. The fraction of sp³-hybridized carbons (Fsp3) is 0.333. The number of esters is 2. The third-order valence-corrected chi connectivity index (χ3v) is 0.741. The van der Waals surface area contributed by atoms with E-state index in [-0.39, 0.29) is 18.9 Å². The summed E-state index contributed by atoms with van der Waals surface area (Å²) in [6.07, 6.45) is 0. The van der Waals surface area contributed by atoms with E-state index in [1.54, 1.807) is 0 Å². The zero-order valence-corrected chi connectivity index (χ0v) is 12.1. The number of carbonyl (C=O) groups is 4. The number of hydrogen-bond acceptors (Lipinski definition) is 8. The molecule has 0 unspecified atom stereocenters. The Morgan fingerprint density at radius 3 is 1.04 bits per heavy atom. The largest absolute Gasteiger partial charge is 1.00 e. The third-order valence-electron chi connectivity index (χ3n) is 0.741. The minimum atomic E-state index is -4.89. The molecule has 0 spiro atoms. The molecule has 136 valence electrons. The number of rotatable bonds is 2. The molecule has 0 aliphatic carbocycles. The van der Waals surface area contributed by atoms with Crippen molar-refractivity contribution in [2.45, 2.75) is 13.2 Å². The number of carbonyl (C=O) groups excluding carboxylic acids is 2. The SMILES string of the molecule is O=C(O)C(=O)OC(F)F.O=C(O)C(=O)OC(F)F.O=P([O-])(O)O.[Li+]. The average Bonchev–Trinajstić information content (AvgIpc) is 2.25. The van der Waals surface area contributed by atoms with Crippen LogP contribution in [0, 0.1) is 0 Å². The van der Waals surface area contributed by atoms with Crippen LogP contribution < -0.4 is 23.8 Å². The van der Waals surface area contributed by atoms with E-state index in [0.29, 0.717) is 0 Å². The molecular formula is C6H6F4LiO12P. The van der Waals surface area contributed by atoms with Crippen molar-refractivity contribution in [3.63, 3.8) is 0 Å². The number of halogens is 4. The molecule has 24 heavy (non-hydrogen) atoms. The maximum Gasteiger partial charge on any atom is 1.00 e. The summed E-state index contributed by atoms with van der Waals surface area (Å²) >= 11 is 0. The van der Waals surface area contributed by atoms with Crippen LogP contribution in [0.3, 0.4) is 0 Å². The summed E-state index contributed by atoms with van der Waals surface area (Å²) in [5.41, 5.74) is 0. The van der Waals surface area contributed by atoms with Crippen molar-refractivity contribution in [3.05, 3.63) is 0 Å². The molecule has 0 heterocycles. The Morgan fingerprint density at radius 2 is 1.00 bits per heavy atom. The Hall–Kier alpha value is -1.69. The summed E-state index contributed by atoms with van der Waals surface area (Å²) in [4.78, 5) is 61.1. The van der Waals surface area contributed by atoms with Gasteiger partial charge in [-0.3, -0.25) is 4.57 Å². The number of carboxylic acid groups (broad SMARTS) is 2. The zero-order chi connectivity index (χ0) is 19.4. The van der Waals surface area contributed by atoms with Gasteiger partial charge in [0.15, 0.2) is 0 Å². The van der Waals surface area contributed by atoms with Crippen molar-refractivity contribution in [2.75, 3.05) is 0 Å². The Morgan fingerprint density at radius 1 is 0.833 bits per heavy atom. The van der Waals surface area contributed by atoms with Gasteiger partial charge in [-0.05, 0) is 0 Å². The summed E-state index contributed by atoms with van der Waals surface area (Å²) in [7, 11) is -4.89. The smallest absolute Gasteiger partial charge is 0.756 e. The summed E-state index contributed by atoms with van der Waals surface area (Å²) < 4.78 is 58.4. The van der Waals surface area contributed by atoms with Gasteiger partial charge in [-0.1, -0.05) is 0 Å². The monoisotopic (exact) mass is 384 g/mol. The Labute approximate surface area is 140 Å². The normalized spacial score (nSPS) is 9.38. The number of aliphatic carboxylic acids is 2. The van der Waals surface area contributed by atoms with Crippen LogP contribution in [-0.2, 0) is 33.2 Å². The van der Waals surface area contributed by atoms with Gasteiger partial charge in [0.1, 0.15) is 0 Å². The number of carboxylic acids is 2. The fourth-order valence-corrected chi connectivity index (χ4v) is 0.263. The van der Waals surface area contributed by atoms with E-state index in [2.05, 4.69) is 9.47 Å². The van der Waals surface area contributed by atoms with Crippen LogP contribution >= 0.6 is 7.82 Å². The van der Waals surface area contributed by atoms with Crippen molar-refractivity contribution >= 4 is 31.7 Å². The molecule has 0 aromatic carbocycles. The van der Waals surface area contributed by atoms with E-state index >= 15 is 0 Å². The first-order valence-corrected chi connectivity index (χ1v) is 5.81. The van der Waals surface area contributed by atoms with Gasteiger partial charge in [-0.2, -0.15) is 17.6 Å². The maximum absolute atomic E-state index is 10.9. The summed E-state index contributed by atoms with van der Waals surface area (Å²) in [5.74, 6) is -7.97. The van der Waals surface area contributed by atoms with Gasteiger partial charge in [0, 0.05) is 0 Å². The van der Waals surface area contributed by atoms with Crippen molar-refractivity contribution in [1.82, 2.24) is 0 Å². The molecule has 4 N–H and O–H groups in total. The molecule has 0 aromatic rings. The van der Waals surface area contributed by atoms with Gasteiger partial charge in [0.25, 0.3) is 7.82 Å². The Kier molecular flexibility index (Phi) is 18.7. The second kappa shape index (κ2) is 14.9. The van der Waals surface area contributed by atoms with Crippen LogP contribution in [-0.4, -0.2) is 57.1 Å².